The molecule has 1 unspecified atom stereocenters. The third kappa shape index (κ3) is 2.94. The lowest BCUT2D eigenvalue weighted by Crippen LogP contribution is -2.49. The summed E-state index contributed by atoms with van der Waals surface area (Å²) in [5, 5.41) is 0. The van der Waals surface area contributed by atoms with Crippen LogP contribution in [0.5, 0.6) is 0 Å². The summed E-state index contributed by atoms with van der Waals surface area (Å²) < 4.78 is 0. The highest BCUT2D eigenvalue weighted by atomic mass is 32.1. The van der Waals surface area contributed by atoms with Gasteiger partial charge in [0.1, 0.15) is 0 Å². The molecule has 3 rings (SSSR count). The Labute approximate surface area is 136 Å². The van der Waals surface area contributed by atoms with E-state index in [1.807, 2.05) is 36.1 Å². The summed E-state index contributed by atoms with van der Waals surface area (Å²) >= 11 is 1.70. The first kappa shape index (κ1) is 15.3. The average molecular weight is 314 g/mol. The van der Waals surface area contributed by atoms with E-state index in [0.29, 0.717) is 0 Å². The van der Waals surface area contributed by atoms with E-state index in [0.717, 1.165) is 30.1 Å². The van der Waals surface area contributed by atoms with Crippen LogP contribution in [0.25, 0.3) is 0 Å². The van der Waals surface area contributed by atoms with Gasteiger partial charge in [0.15, 0.2) is 0 Å². The van der Waals surface area contributed by atoms with Crippen molar-refractivity contribution in [3.63, 3.8) is 0 Å². The quantitative estimate of drug-likeness (QED) is 0.847. The number of carbonyl (C=O) groups excluding carboxylic acids is 1. The van der Waals surface area contributed by atoms with Crippen LogP contribution in [-0.4, -0.2) is 42.4 Å². The molecule has 0 aliphatic carbocycles. The van der Waals surface area contributed by atoms with E-state index in [-0.39, 0.29) is 11.9 Å². The lowest BCUT2D eigenvalue weighted by atomic mass is 10.0. The van der Waals surface area contributed by atoms with Crippen LogP contribution >= 0.6 is 11.3 Å². The van der Waals surface area contributed by atoms with Gasteiger partial charge in [-0.3, -0.25) is 4.79 Å². The molecule has 0 saturated carbocycles. The minimum Gasteiger partial charge on any atom is -0.329 e. The molecular weight excluding hydrogens is 292 g/mol. The van der Waals surface area contributed by atoms with E-state index in [9.17, 15) is 4.79 Å². The van der Waals surface area contributed by atoms with Crippen molar-refractivity contribution >= 4 is 17.2 Å². The van der Waals surface area contributed by atoms with Crippen molar-refractivity contribution in [3.8, 4) is 0 Å². The fourth-order valence-electron chi connectivity index (χ4n) is 3.12. The highest BCUT2D eigenvalue weighted by Gasteiger charge is 2.31. The molecule has 2 heterocycles. The monoisotopic (exact) mass is 314 g/mol. The van der Waals surface area contributed by atoms with Crippen LogP contribution in [0.2, 0.25) is 0 Å². The number of nitrogens with zero attached hydrogens (tertiary/aromatic N) is 2. The van der Waals surface area contributed by atoms with Crippen molar-refractivity contribution in [1.29, 1.82) is 0 Å². The molecule has 1 aliphatic rings. The van der Waals surface area contributed by atoms with Crippen LogP contribution in [0.1, 0.15) is 31.7 Å². The molecule has 3 nitrogen and oxygen atoms in total. The van der Waals surface area contributed by atoms with Crippen molar-refractivity contribution in [2.24, 2.45) is 0 Å². The lowest BCUT2D eigenvalue weighted by Gasteiger charge is -2.40. The molecule has 116 valence electrons. The van der Waals surface area contributed by atoms with Gasteiger partial charge < -0.3 is 9.80 Å². The molecule has 1 aliphatic heterocycles. The molecule has 1 aromatic heterocycles. The average Bonchev–Trinajstić information content (AvgIpc) is 2.86. The molecule has 0 spiro atoms. The van der Waals surface area contributed by atoms with E-state index < -0.39 is 0 Å². The Bertz CT molecular complexity index is 665. The van der Waals surface area contributed by atoms with Crippen molar-refractivity contribution < 1.29 is 4.79 Å². The molecule has 22 heavy (non-hydrogen) atoms. The Morgan fingerprint density at radius 3 is 2.55 bits per heavy atom. The first-order valence-corrected chi connectivity index (χ1v) is 8.49. The highest BCUT2D eigenvalue weighted by molar-refractivity contribution is 7.12. The number of benzene rings is 1. The van der Waals surface area contributed by atoms with Gasteiger partial charge in [-0.1, -0.05) is 30.3 Å². The van der Waals surface area contributed by atoms with Crippen LogP contribution in [0.3, 0.4) is 0 Å². The molecule has 2 aromatic rings. The summed E-state index contributed by atoms with van der Waals surface area (Å²) in [5.74, 6) is 0.170. The van der Waals surface area contributed by atoms with Crippen molar-refractivity contribution in [2.75, 3.05) is 26.7 Å². The molecular formula is C18H22N2OS. The summed E-state index contributed by atoms with van der Waals surface area (Å²) in [7, 11) is 2.12. The van der Waals surface area contributed by atoms with Gasteiger partial charge in [0.2, 0.25) is 0 Å². The van der Waals surface area contributed by atoms with E-state index in [4.69, 9.17) is 0 Å². The maximum Gasteiger partial charge on any atom is 0.255 e. The van der Waals surface area contributed by atoms with E-state index >= 15 is 0 Å². The molecule has 1 amide bonds. The molecule has 1 atom stereocenters. The largest absolute Gasteiger partial charge is 0.329 e. The number of aryl methyl sites for hydroxylation is 2. The third-order valence-electron chi connectivity index (χ3n) is 4.30. The second-order valence-electron chi connectivity index (χ2n) is 6.01. The molecule has 4 heteroatoms. The first-order chi connectivity index (χ1) is 10.6. The zero-order valence-corrected chi connectivity index (χ0v) is 14.2. The molecule has 0 bridgehead atoms. The standard InChI is InChI=1S/C18H22N2OS/c1-13-11-16(14(2)22-13)18(21)20-10-9-19(3)12-17(20)15-7-5-4-6-8-15/h4-8,11,17H,9-10,12H2,1-3H3. The number of thiophene rings is 1. The third-order valence-corrected chi connectivity index (χ3v) is 5.27. The first-order valence-electron chi connectivity index (χ1n) is 7.68. The summed E-state index contributed by atoms with van der Waals surface area (Å²) in [6.45, 7) is 6.70. The molecule has 1 fully saturated rings. The Kier molecular flexibility index (Phi) is 4.32. The number of hydrogen-bond acceptors (Lipinski definition) is 3. The molecule has 1 aromatic carbocycles. The van der Waals surface area contributed by atoms with E-state index in [1.54, 1.807) is 11.3 Å². The predicted octanol–water partition coefficient (Wildman–Crippen LogP) is 3.49. The second kappa shape index (κ2) is 6.23. The normalized spacial score (nSPS) is 19.4. The van der Waals surface area contributed by atoms with Crippen LogP contribution in [-0.2, 0) is 0 Å². The van der Waals surface area contributed by atoms with Crippen LogP contribution in [0.4, 0.5) is 0 Å². The summed E-state index contributed by atoms with van der Waals surface area (Å²) in [5.41, 5.74) is 2.08. The number of rotatable bonds is 2. The van der Waals surface area contributed by atoms with Gasteiger partial charge in [-0.05, 0) is 32.5 Å². The molecule has 1 saturated heterocycles. The van der Waals surface area contributed by atoms with E-state index in [2.05, 4.69) is 31.0 Å². The fourth-order valence-corrected chi connectivity index (χ4v) is 4.04. The molecule has 0 N–H and O–H groups in total. The number of carbonyl (C=O) groups is 1. The van der Waals surface area contributed by atoms with E-state index in [1.165, 1.54) is 10.4 Å². The minimum absolute atomic E-state index is 0.132. The lowest BCUT2D eigenvalue weighted by molar-refractivity contribution is 0.0498. The Hall–Kier alpha value is -1.65. The van der Waals surface area contributed by atoms with Gasteiger partial charge in [0.05, 0.1) is 11.6 Å². The van der Waals surface area contributed by atoms with Gasteiger partial charge in [0, 0.05) is 29.4 Å². The van der Waals surface area contributed by atoms with Crippen LogP contribution < -0.4 is 0 Å². The Morgan fingerprint density at radius 1 is 1.18 bits per heavy atom. The number of hydrogen-bond donors (Lipinski definition) is 0. The predicted molar refractivity (Wildman–Crippen MR) is 91.5 cm³/mol. The van der Waals surface area contributed by atoms with Gasteiger partial charge in [0.25, 0.3) is 5.91 Å². The summed E-state index contributed by atoms with van der Waals surface area (Å²) in [6, 6.07) is 12.5. The highest BCUT2D eigenvalue weighted by Crippen LogP contribution is 2.29. The smallest absolute Gasteiger partial charge is 0.255 e. The van der Waals surface area contributed by atoms with Gasteiger partial charge >= 0.3 is 0 Å². The van der Waals surface area contributed by atoms with Crippen molar-refractivity contribution in [3.05, 3.63) is 57.3 Å². The second-order valence-corrected chi connectivity index (χ2v) is 7.47. The number of likely N-dealkylation sites (N-methyl/N-ethyl adjacent to an activating group) is 1. The van der Waals surface area contributed by atoms with Gasteiger partial charge in [-0.25, -0.2) is 0 Å². The molecule has 0 radical (unpaired) electrons. The minimum atomic E-state index is 0.132. The maximum atomic E-state index is 13.0. The van der Waals surface area contributed by atoms with Crippen molar-refractivity contribution in [1.82, 2.24) is 9.80 Å². The summed E-state index contributed by atoms with van der Waals surface area (Å²) in [6.07, 6.45) is 0. The topological polar surface area (TPSA) is 23.6 Å². The van der Waals surface area contributed by atoms with Gasteiger partial charge in [-0.2, -0.15) is 0 Å². The Balaban J connectivity index is 1.93. The SMILES string of the molecule is Cc1cc(C(=O)N2CCN(C)CC2c2ccccc2)c(C)s1. The fraction of sp³-hybridized carbons (Fsp3) is 0.389. The maximum absolute atomic E-state index is 13.0. The number of piperazine rings is 1. The van der Waals surface area contributed by atoms with Crippen molar-refractivity contribution in [2.45, 2.75) is 19.9 Å². The summed E-state index contributed by atoms with van der Waals surface area (Å²) in [4.78, 5) is 19.7. The van der Waals surface area contributed by atoms with Gasteiger partial charge in [-0.15, -0.1) is 11.3 Å². The Morgan fingerprint density at radius 2 is 1.91 bits per heavy atom. The van der Waals surface area contributed by atoms with Crippen LogP contribution in [0, 0.1) is 13.8 Å². The zero-order chi connectivity index (χ0) is 15.7. The van der Waals surface area contributed by atoms with Crippen LogP contribution in [0.15, 0.2) is 36.4 Å². The number of amides is 1. The zero-order valence-electron chi connectivity index (χ0n) is 13.4.